The SMILES string of the molecule is CC(C)CC(CN)CC(=O)Nc1ccc(F)nc1. The van der Waals surface area contributed by atoms with Crippen molar-refractivity contribution in [3.63, 3.8) is 0 Å². The van der Waals surface area contributed by atoms with Crippen molar-refractivity contribution >= 4 is 11.6 Å². The van der Waals surface area contributed by atoms with Gasteiger partial charge in [-0.25, -0.2) is 4.98 Å². The maximum atomic E-state index is 12.6. The molecule has 18 heavy (non-hydrogen) atoms. The molecule has 5 heteroatoms. The molecule has 0 spiro atoms. The van der Waals surface area contributed by atoms with Crippen molar-refractivity contribution in [3.8, 4) is 0 Å². The lowest BCUT2D eigenvalue weighted by Crippen LogP contribution is -2.23. The highest BCUT2D eigenvalue weighted by molar-refractivity contribution is 5.90. The predicted molar refractivity (Wildman–Crippen MR) is 69.4 cm³/mol. The summed E-state index contributed by atoms with van der Waals surface area (Å²) in [6, 6.07) is 2.70. The lowest BCUT2D eigenvalue weighted by Gasteiger charge is -2.16. The summed E-state index contributed by atoms with van der Waals surface area (Å²) in [6.45, 7) is 4.70. The van der Waals surface area contributed by atoms with Crippen LogP contribution < -0.4 is 11.1 Å². The van der Waals surface area contributed by atoms with Crippen LogP contribution in [-0.2, 0) is 4.79 Å². The number of carbonyl (C=O) groups is 1. The second kappa shape index (κ2) is 7.06. The molecule has 1 atom stereocenters. The van der Waals surface area contributed by atoms with Crippen LogP contribution >= 0.6 is 0 Å². The van der Waals surface area contributed by atoms with E-state index < -0.39 is 5.95 Å². The van der Waals surface area contributed by atoms with Gasteiger partial charge in [0, 0.05) is 6.42 Å². The molecule has 0 aliphatic rings. The number of hydrogen-bond donors (Lipinski definition) is 2. The average molecular weight is 253 g/mol. The van der Waals surface area contributed by atoms with Crippen molar-refractivity contribution in [1.82, 2.24) is 4.98 Å². The van der Waals surface area contributed by atoms with Crippen molar-refractivity contribution in [2.45, 2.75) is 26.7 Å². The third kappa shape index (κ3) is 5.23. The molecule has 0 aliphatic carbocycles. The van der Waals surface area contributed by atoms with Gasteiger partial charge >= 0.3 is 0 Å². The zero-order chi connectivity index (χ0) is 13.5. The van der Waals surface area contributed by atoms with E-state index in [9.17, 15) is 9.18 Å². The van der Waals surface area contributed by atoms with Gasteiger partial charge in [-0.1, -0.05) is 13.8 Å². The standard InChI is InChI=1S/C13H20FN3O/c1-9(2)5-10(7-15)6-13(18)17-11-3-4-12(14)16-8-11/h3-4,8-10H,5-7,15H2,1-2H3,(H,17,18). The van der Waals surface area contributed by atoms with Crippen molar-refractivity contribution in [1.29, 1.82) is 0 Å². The molecule has 0 saturated heterocycles. The van der Waals surface area contributed by atoms with Crippen LogP contribution in [-0.4, -0.2) is 17.4 Å². The van der Waals surface area contributed by atoms with Crippen LogP contribution in [0, 0.1) is 17.8 Å². The lowest BCUT2D eigenvalue weighted by molar-refractivity contribution is -0.117. The Bertz CT molecular complexity index is 378. The molecule has 1 amide bonds. The van der Waals surface area contributed by atoms with E-state index in [1.165, 1.54) is 18.3 Å². The number of nitrogens with one attached hydrogen (secondary N) is 1. The molecule has 1 unspecified atom stereocenters. The van der Waals surface area contributed by atoms with Crippen LogP contribution in [0.25, 0.3) is 0 Å². The van der Waals surface area contributed by atoms with Crippen molar-refractivity contribution < 1.29 is 9.18 Å². The van der Waals surface area contributed by atoms with Gasteiger partial charge < -0.3 is 11.1 Å². The maximum Gasteiger partial charge on any atom is 0.224 e. The smallest absolute Gasteiger partial charge is 0.224 e. The topological polar surface area (TPSA) is 68.0 Å². The second-order valence-electron chi connectivity index (χ2n) is 4.85. The molecule has 0 aromatic carbocycles. The molecule has 3 N–H and O–H groups in total. The molecule has 0 bridgehead atoms. The molecule has 0 aliphatic heterocycles. The Balaban J connectivity index is 2.47. The minimum absolute atomic E-state index is 0.112. The van der Waals surface area contributed by atoms with E-state index in [1.54, 1.807) is 0 Å². The van der Waals surface area contributed by atoms with Crippen molar-refractivity contribution in [2.24, 2.45) is 17.6 Å². The van der Waals surface area contributed by atoms with Gasteiger partial charge in [-0.05, 0) is 36.9 Å². The van der Waals surface area contributed by atoms with E-state index in [-0.39, 0.29) is 11.8 Å². The summed E-state index contributed by atoms with van der Waals surface area (Å²) in [7, 11) is 0. The van der Waals surface area contributed by atoms with Gasteiger partial charge in [-0.3, -0.25) is 4.79 Å². The van der Waals surface area contributed by atoms with Gasteiger partial charge in [0.1, 0.15) is 0 Å². The van der Waals surface area contributed by atoms with Crippen LogP contribution in [0.4, 0.5) is 10.1 Å². The predicted octanol–water partition coefficient (Wildman–Crippen LogP) is 2.17. The molecule has 1 rings (SSSR count). The van der Waals surface area contributed by atoms with Crippen molar-refractivity contribution in [3.05, 3.63) is 24.3 Å². The number of nitrogens with two attached hydrogens (primary N) is 1. The number of nitrogens with zero attached hydrogens (tertiary/aromatic N) is 1. The molecular formula is C13H20FN3O. The minimum Gasteiger partial charge on any atom is -0.330 e. The molecule has 0 radical (unpaired) electrons. The Kier molecular flexibility index (Phi) is 5.71. The quantitative estimate of drug-likeness (QED) is 0.763. The fourth-order valence-corrected chi connectivity index (χ4v) is 1.85. The van der Waals surface area contributed by atoms with Gasteiger partial charge in [-0.15, -0.1) is 0 Å². The van der Waals surface area contributed by atoms with E-state index in [2.05, 4.69) is 24.1 Å². The first kappa shape index (κ1) is 14.6. The Morgan fingerprint density at radius 3 is 2.72 bits per heavy atom. The number of amides is 1. The summed E-state index contributed by atoms with van der Waals surface area (Å²) in [4.78, 5) is 15.2. The molecule has 1 aromatic heterocycles. The second-order valence-corrected chi connectivity index (χ2v) is 4.85. The van der Waals surface area contributed by atoms with Gasteiger partial charge in [0.2, 0.25) is 11.9 Å². The number of anilines is 1. The molecule has 1 aromatic rings. The molecule has 1 heterocycles. The first-order valence-electron chi connectivity index (χ1n) is 6.12. The van der Waals surface area contributed by atoms with Crippen molar-refractivity contribution in [2.75, 3.05) is 11.9 Å². The molecule has 0 saturated carbocycles. The summed E-state index contributed by atoms with van der Waals surface area (Å²) < 4.78 is 12.6. The zero-order valence-corrected chi connectivity index (χ0v) is 10.8. The van der Waals surface area contributed by atoms with Gasteiger partial charge in [-0.2, -0.15) is 4.39 Å². The lowest BCUT2D eigenvalue weighted by atomic mass is 9.94. The summed E-state index contributed by atoms with van der Waals surface area (Å²) >= 11 is 0. The van der Waals surface area contributed by atoms with Gasteiger partial charge in [0.05, 0.1) is 11.9 Å². The number of carbonyl (C=O) groups excluding carboxylic acids is 1. The number of halogens is 1. The number of rotatable bonds is 6. The van der Waals surface area contributed by atoms with Gasteiger partial charge in [0.15, 0.2) is 0 Å². The molecule has 0 fully saturated rings. The maximum absolute atomic E-state index is 12.6. The summed E-state index contributed by atoms with van der Waals surface area (Å²) in [5, 5.41) is 2.68. The number of aromatic nitrogens is 1. The fourth-order valence-electron chi connectivity index (χ4n) is 1.85. The van der Waals surface area contributed by atoms with Crippen LogP contribution in [0.3, 0.4) is 0 Å². The third-order valence-electron chi connectivity index (χ3n) is 2.62. The normalized spacial score (nSPS) is 12.5. The molecule has 4 nitrogen and oxygen atoms in total. The monoisotopic (exact) mass is 253 g/mol. The largest absolute Gasteiger partial charge is 0.330 e. The highest BCUT2D eigenvalue weighted by Crippen LogP contribution is 2.15. The Hall–Kier alpha value is -1.49. The van der Waals surface area contributed by atoms with E-state index in [4.69, 9.17) is 5.73 Å². The Morgan fingerprint density at radius 2 is 2.22 bits per heavy atom. The van der Waals surface area contributed by atoms with Gasteiger partial charge in [0.25, 0.3) is 0 Å². The third-order valence-corrected chi connectivity index (χ3v) is 2.62. The fraction of sp³-hybridized carbons (Fsp3) is 0.538. The Morgan fingerprint density at radius 1 is 1.50 bits per heavy atom. The summed E-state index contributed by atoms with van der Waals surface area (Å²) in [5.74, 6) is 0.0180. The number of hydrogen-bond acceptors (Lipinski definition) is 3. The first-order valence-corrected chi connectivity index (χ1v) is 6.12. The summed E-state index contributed by atoms with van der Waals surface area (Å²) in [6.07, 6.45) is 2.60. The zero-order valence-electron chi connectivity index (χ0n) is 10.8. The number of pyridine rings is 1. The van der Waals surface area contributed by atoms with Crippen LogP contribution in [0.5, 0.6) is 0 Å². The van der Waals surface area contributed by atoms with E-state index in [0.29, 0.717) is 24.6 Å². The van der Waals surface area contributed by atoms with Crippen LogP contribution in [0.15, 0.2) is 18.3 Å². The van der Waals surface area contributed by atoms with E-state index >= 15 is 0 Å². The first-order chi connectivity index (χ1) is 8.51. The minimum atomic E-state index is -0.562. The Labute approximate surface area is 107 Å². The highest BCUT2D eigenvalue weighted by Gasteiger charge is 2.14. The molecular weight excluding hydrogens is 233 g/mol. The van der Waals surface area contributed by atoms with E-state index in [0.717, 1.165) is 6.42 Å². The van der Waals surface area contributed by atoms with E-state index in [1.807, 2.05) is 0 Å². The highest BCUT2D eigenvalue weighted by atomic mass is 19.1. The van der Waals surface area contributed by atoms with Crippen LogP contribution in [0.1, 0.15) is 26.7 Å². The summed E-state index contributed by atoms with van der Waals surface area (Å²) in [5.41, 5.74) is 6.14. The average Bonchev–Trinajstić information content (AvgIpc) is 2.30. The molecule has 100 valence electrons. The van der Waals surface area contributed by atoms with Crippen LogP contribution in [0.2, 0.25) is 0 Å².